The molecule has 1 nitrogen and oxygen atoms in total. The van der Waals surface area contributed by atoms with E-state index >= 15 is 0 Å². The quantitative estimate of drug-likeness (QED) is 0.310. The van der Waals surface area contributed by atoms with Gasteiger partial charge in [-0.1, -0.05) is 97.1 Å². The summed E-state index contributed by atoms with van der Waals surface area (Å²) in [6.07, 6.45) is 0. The minimum absolute atomic E-state index is 1.14. The summed E-state index contributed by atoms with van der Waals surface area (Å²) >= 11 is 0. The smallest absolute Gasteiger partial charge is 0.0464 e. The van der Waals surface area contributed by atoms with Crippen LogP contribution in [-0.4, -0.2) is 0 Å². The molecule has 1 aliphatic heterocycles. The first kappa shape index (κ1) is 17.7. The summed E-state index contributed by atoms with van der Waals surface area (Å²) in [7, 11) is 0. The molecule has 146 valence electrons. The summed E-state index contributed by atoms with van der Waals surface area (Å²) in [4.78, 5) is 0. The topological polar surface area (TPSA) is 12.0 Å². The summed E-state index contributed by atoms with van der Waals surface area (Å²) in [5, 5.41) is 3.71. The number of hydrogen-bond donors (Lipinski definition) is 1. The average Bonchev–Trinajstić information content (AvgIpc) is 2.99. The van der Waals surface area contributed by atoms with E-state index in [1.54, 1.807) is 0 Å². The highest BCUT2D eigenvalue weighted by Crippen LogP contribution is 2.46. The zero-order valence-electron chi connectivity index (χ0n) is 17.0. The van der Waals surface area contributed by atoms with Crippen LogP contribution in [0.3, 0.4) is 0 Å². The molecule has 1 aliphatic rings. The Hall–Kier alpha value is -4.10. The maximum absolute atomic E-state index is 3.71. The second kappa shape index (κ2) is 7.30. The van der Waals surface area contributed by atoms with E-state index in [0.717, 1.165) is 11.4 Å². The number of fused-ring (bicyclic) bond motifs is 5. The number of rotatable bonds is 2. The van der Waals surface area contributed by atoms with Crippen molar-refractivity contribution in [2.45, 2.75) is 0 Å². The van der Waals surface area contributed by atoms with Gasteiger partial charge in [0.15, 0.2) is 0 Å². The maximum atomic E-state index is 3.71. The Kier molecular flexibility index (Phi) is 4.18. The molecule has 0 aliphatic carbocycles. The predicted molar refractivity (Wildman–Crippen MR) is 131 cm³/mol. The van der Waals surface area contributed by atoms with Crippen molar-refractivity contribution in [2.75, 3.05) is 5.32 Å². The molecule has 31 heavy (non-hydrogen) atoms. The van der Waals surface area contributed by atoms with Gasteiger partial charge in [-0.2, -0.15) is 0 Å². The zero-order valence-corrected chi connectivity index (χ0v) is 17.0. The van der Waals surface area contributed by atoms with Crippen molar-refractivity contribution in [3.05, 3.63) is 121 Å². The third-order valence-corrected chi connectivity index (χ3v) is 6.03. The molecule has 0 aromatic heterocycles. The van der Waals surface area contributed by atoms with E-state index in [0.29, 0.717) is 0 Å². The van der Waals surface area contributed by atoms with Crippen molar-refractivity contribution in [3.63, 3.8) is 0 Å². The van der Waals surface area contributed by atoms with Gasteiger partial charge < -0.3 is 5.32 Å². The number of hydrogen-bond acceptors (Lipinski definition) is 1. The zero-order chi connectivity index (χ0) is 20.6. The highest BCUT2D eigenvalue weighted by molar-refractivity contribution is 6.00. The van der Waals surface area contributed by atoms with Crippen LogP contribution in [0, 0.1) is 0 Å². The molecular formula is C30H21N. The second-order valence-electron chi connectivity index (χ2n) is 7.92. The van der Waals surface area contributed by atoms with E-state index in [1.807, 2.05) is 0 Å². The molecule has 0 unspecified atom stereocenters. The van der Waals surface area contributed by atoms with Gasteiger partial charge in [0.05, 0.1) is 0 Å². The van der Waals surface area contributed by atoms with Crippen LogP contribution in [0.2, 0.25) is 0 Å². The second-order valence-corrected chi connectivity index (χ2v) is 7.92. The third-order valence-electron chi connectivity index (χ3n) is 6.03. The van der Waals surface area contributed by atoms with Gasteiger partial charge in [0.1, 0.15) is 0 Å². The fourth-order valence-electron chi connectivity index (χ4n) is 4.47. The lowest BCUT2D eigenvalue weighted by atomic mass is 9.91. The van der Waals surface area contributed by atoms with Crippen molar-refractivity contribution in [1.29, 1.82) is 0 Å². The van der Waals surface area contributed by atoms with E-state index in [9.17, 15) is 0 Å². The van der Waals surface area contributed by atoms with E-state index < -0.39 is 0 Å². The molecule has 1 heteroatoms. The van der Waals surface area contributed by atoms with Crippen LogP contribution in [0.15, 0.2) is 121 Å². The molecule has 0 spiro atoms. The SMILES string of the molecule is c1ccc(-c2ccc3c(c2)-c2ccccc2-c2cc(-c4ccccc4)ccc2N3)cc1. The molecule has 0 atom stereocenters. The Morgan fingerprint density at radius 2 is 0.742 bits per heavy atom. The monoisotopic (exact) mass is 395 g/mol. The highest BCUT2D eigenvalue weighted by atomic mass is 14.9. The molecular weight excluding hydrogens is 374 g/mol. The van der Waals surface area contributed by atoms with Gasteiger partial charge in [0.2, 0.25) is 0 Å². The summed E-state index contributed by atoms with van der Waals surface area (Å²) in [5.74, 6) is 0. The Morgan fingerprint density at radius 1 is 0.323 bits per heavy atom. The van der Waals surface area contributed by atoms with Crippen molar-refractivity contribution in [2.24, 2.45) is 0 Å². The molecule has 1 N–H and O–H groups in total. The van der Waals surface area contributed by atoms with Gasteiger partial charge in [0.25, 0.3) is 0 Å². The fourth-order valence-corrected chi connectivity index (χ4v) is 4.47. The minimum Gasteiger partial charge on any atom is -0.355 e. The van der Waals surface area contributed by atoms with Gasteiger partial charge in [0, 0.05) is 22.5 Å². The molecule has 0 saturated carbocycles. The molecule has 1 heterocycles. The summed E-state index contributed by atoms with van der Waals surface area (Å²) in [6.45, 7) is 0. The summed E-state index contributed by atoms with van der Waals surface area (Å²) in [6, 6.07) is 43.3. The van der Waals surface area contributed by atoms with Gasteiger partial charge in [-0.05, 0) is 57.6 Å². The molecule has 0 radical (unpaired) electrons. The molecule has 5 aromatic carbocycles. The number of anilines is 2. The molecule has 5 aromatic rings. The third kappa shape index (κ3) is 3.12. The first-order chi connectivity index (χ1) is 15.4. The van der Waals surface area contributed by atoms with Crippen LogP contribution in [0.5, 0.6) is 0 Å². The van der Waals surface area contributed by atoms with Crippen molar-refractivity contribution < 1.29 is 0 Å². The largest absolute Gasteiger partial charge is 0.355 e. The van der Waals surface area contributed by atoms with Crippen LogP contribution in [0.4, 0.5) is 11.4 Å². The lowest BCUT2D eigenvalue weighted by Gasteiger charge is -2.13. The number of nitrogens with one attached hydrogen (secondary N) is 1. The molecule has 6 rings (SSSR count). The maximum Gasteiger partial charge on any atom is 0.0464 e. The van der Waals surface area contributed by atoms with Gasteiger partial charge in [-0.3, -0.25) is 0 Å². The standard InChI is InChI=1S/C30H21N/c1-3-9-21(10-4-1)23-15-17-29-27(19-23)25-13-7-8-14-26(25)28-20-24(16-18-30(28)31-29)22-11-5-2-6-12-22/h1-20,31H. The average molecular weight is 396 g/mol. The van der Waals surface area contributed by atoms with Crippen LogP contribution >= 0.6 is 0 Å². The predicted octanol–water partition coefficient (Wildman–Crippen LogP) is 8.41. The van der Waals surface area contributed by atoms with E-state index in [1.165, 1.54) is 44.5 Å². The van der Waals surface area contributed by atoms with E-state index in [-0.39, 0.29) is 0 Å². The van der Waals surface area contributed by atoms with Crippen LogP contribution < -0.4 is 5.32 Å². The molecule has 0 fully saturated rings. The Labute approximate surface area is 182 Å². The lowest BCUT2D eigenvalue weighted by molar-refractivity contribution is 1.55. The molecule has 0 amide bonds. The van der Waals surface area contributed by atoms with Crippen LogP contribution in [-0.2, 0) is 0 Å². The summed E-state index contributed by atoms with van der Waals surface area (Å²) in [5.41, 5.74) is 12.2. The minimum atomic E-state index is 1.14. The van der Waals surface area contributed by atoms with Crippen LogP contribution in [0.25, 0.3) is 44.5 Å². The van der Waals surface area contributed by atoms with Gasteiger partial charge in [-0.25, -0.2) is 0 Å². The Morgan fingerprint density at radius 3 is 1.19 bits per heavy atom. The van der Waals surface area contributed by atoms with Gasteiger partial charge >= 0.3 is 0 Å². The molecule has 0 saturated heterocycles. The number of benzene rings is 5. The normalized spacial score (nSPS) is 11.5. The van der Waals surface area contributed by atoms with Crippen molar-refractivity contribution in [1.82, 2.24) is 0 Å². The Balaban J connectivity index is 1.56. The Bertz CT molecular complexity index is 1280. The molecule has 0 bridgehead atoms. The lowest BCUT2D eigenvalue weighted by Crippen LogP contribution is -1.93. The van der Waals surface area contributed by atoms with E-state index in [4.69, 9.17) is 0 Å². The fraction of sp³-hybridized carbons (Fsp3) is 0. The van der Waals surface area contributed by atoms with Crippen molar-refractivity contribution in [3.8, 4) is 44.5 Å². The summed E-state index contributed by atoms with van der Waals surface area (Å²) < 4.78 is 0. The first-order valence-electron chi connectivity index (χ1n) is 10.6. The first-order valence-corrected chi connectivity index (χ1v) is 10.6. The van der Waals surface area contributed by atoms with Gasteiger partial charge in [-0.15, -0.1) is 0 Å². The highest BCUT2D eigenvalue weighted by Gasteiger charge is 2.19. The van der Waals surface area contributed by atoms with Crippen molar-refractivity contribution >= 4 is 11.4 Å². The van der Waals surface area contributed by atoms with Crippen LogP contribution in [0.1, 0.15) is 0 Å². The van der Waals surface area contributed by atoms with E-state index in [2.05, 4.69) is 127 Å².